The first-order valence-electron chi connectivity index (χ1n) is 16.4. The van der Waals surface area contributed by atoms with Crippen molar-refractivity contribution in [2.45, 2.75) is 75.4 Å². The van der Waals surface area contributed by atoms with Crippen LogP contribution < -0.4 is 25.2 Å². The Balaban J connectivity index is 1.31. The van der Waals surface area contributed by atoms with E-state index in [2.05, 4.69) is 16.6 Å². The molecule has 13 heteroatoms. The molecule has 2 aliphatic carbocycles. The van der Waals surface area contributed by atoms with Gasteiger partial charge in [-0.2, -0.15) is 0 Å². The van der Waals surface area contributed by atoms with Crippen molar-refractivity contribution in [1.29, 1.82) is 0 Å². The molecule has 2 unspecified atom stereocenters. The Hall–Kier alpha value is -4.49. The highest BCUT2D eigenvalue weighted by Gasteiger charge is 2.62. The molecule has 0 bridgehead atoms. The van der Waals surface area contributed by atoms with Crippen molar-refractivity contribution in [3.05, 3.63) is 67.3 Å². The molecule has 3 aromatic rings. The zero-order valence-electron chi connectivity index (χ0n) is 28.1. The summed E-state index contributed by atoms with van der Waals surface area (Å²) in [6.07, 6.45) is 2.15. The van der Waals surface area contributed by atoms with E-state index in [9.17, 15) is 22.8 Å². The second kappa shape index (κ2) is 12.8. The molecule has 2 aromatic carbocycles. The quantitative estimate of drug-likeness (QED) is 0.256. The number of nitrogens with one attached hydrogen (secondary N) is 2. The van der Waals surface area contributed by atoms with Crippen LogP contribution in [-0.4, -0.2) is 78.7 Å². The van der Waals surface area contributed by atoms with Crippen LogP contribution in [0.3, 0.4) is 0 Å². The Morgan fingerprint density at radius 1 is 1.12 bits per heavy atom. The van der Waals surface area contributed by atoms with E-state index < -0.39 is 68.1 Å². The summed E-state index contributed by atoms with van der Waals surface area (Å²) < 4.78 is 39.5. The summed E-state index contributed by atoms with van der Waals surface area (Å²) >= 11 is 0. The number of amides is 3. The molecule has 3 amide bonds. The van der Waals surface area contributed by atoms with Gasteiger partial charge in [-0.25, -0.2) is 13.4 Å². The first-order chi connectivity index (χ1) is 23.2. The number of fused-ring (bicyclic) bond motifs is 1. The van der Waals surface area contributed by atoms with Crippen LogP contribution in [-0.2, 0) is 24.4 Å². The van der Waals surface area contributed by atoms with Gasteiger partial charge in [-0.05, 0) is 36.8 Å². The van der Waals surface area contributed by atoms with Gasteiger partial charge in [0.05, 0.1) is 36.2 Å². The third-order valence-corrected chi connectivity index (χ3v) is 11.5. The predicted molar refractivity (Wildman–Crippen MR) is 185 cm³/mol. The number of sulfonamides is 1. The number of ether oxygens (including phenoxy) is 2. The Kier molecular flexibility index (Phi) is 8.95. The lowest BCUT2D eigenvalue weighted by Gasteiger charge is -2.33. The van der Waals surface area contributed by atoms with Gasteiger partial charge in [-0.3, -0.25) is 19.1 Å². The molecular formula is C36H43N5O7S. The number of aromatic nitrogens is 1. The van der Waals surface area contributed by atoms with Crippen LogP contribution in [0.2, 0.25) is 0 Å². The van der Waals surface area contributed by atoms with E-state index in [0.29, 0.717) is 35.6 Å². The van der Waals surface area contributed by atoms with Crippen LogP contribution in [0.4, 0.5) is 0 Å². The number of pyridine rings is 1. The van der Waals surface area contributed by atoms with Crippen molar-refractivity contribution < 1.29 is 32.3 Å². The highest BCUT2D eigenvalue weighted by molar-refractivity contribution is 7.91. The normalized spacial score (nSPS) is 24.2. The summed E-state index contributed by atoms with van der Waals surface area (Å²) in [5.74, 6) is -1.17. The number of methoxy groups -OCH3 is 1. The fourth-order valence-electron chi connectivity index (χ4n) is 6.28. The van der Waals surface area contributed by atoms with Crippen molar-refractivity contribution in [2.75, 3.05) is 13.7 Å². The SMILES string of the molecule is C=CC1CC1(NC(=O)[C@@H]1C[C@@H](Oc2cc(-c3ccccc3)nc3cc(OC)ccc23)CN1C(=O)[C@@H](N)C(C)(C)C)C(=O)NS(=O)(=O)C1CC1. The summed E-state index contributed by atoms with van der Waals surface area (Å²) in [6.45, 7) is 9.36. The third-order valence-electron chi connectivity index (χ3n) is 9.64. The minimum absolute atomic E-state index is 0.0570. The van der Waals surface area contributed by atoms with Gasteiger partial charge in [-0.15, -0.1) is 6.58 Å². The minimum Gasteiger partial charge on any atom is -0.497 e. The highest BCUT2D eigenvalue weighted by atomic mass is 32.2. The van der Waals surface area contributed by atoms with Gasteiger partial charge in [0.1, 0.15) is 29.2 Å². The molecule has 2 heterocycles. The average molecular weight is 690 g/mol. The Labute approximate surface area is 286 Å². The van der Waals surface area contributed by atoms with Gasteiger partial charge in [0, 0.05) is 35.4 Å². The molecule has 5 atom stereocenters. The van der Waals surface area contributed by atoms with Crippen LogP contribution in [0.1, 0.15) is 46.5 Å². The number of nitrogens with two attached hydrogens (primary N) is 1. The molecule has 0 spiro atoms. The lowest BCUT2D eigenvalue weighted by molar-refractivity contribution is -0.142. The number of carbonyl (C=O) groups is 3. The van der Waals surface area contributed by atoms with Gasteiger partial charge >= 0.3 is 0 Å². The Morgan fingerprint density at radius 3 is 2.45 bits per heavy atom. The van der Waals surface area contributed by atoms with E-state index in [1.807, 2.05) is 75.4 Å². The van der Waals surface area contributed by atoms with E-state index in [0.717, 1.165) is 10.9 Å². The fourth-order valence-corrected chi connectivity index (χ4v) is 7.64. The standard InChI is InChI=1S/C36H43N5O7S/c1-6-22-19-36(22,34(44)40-49(45,46)25-13-14-25)39-32(42)29-17-24(20-41(29)33(43)31(37)35(2,3)4)48-30-18-27(21-10-8-7-9-11-21)38-28-16-23(47-5)12-15-26(28)30/h6-12,15-16,18,22,24-25,29,31H,1,13-14,17,19-20,37H2,2-5H3,(H,39,42)(H,40,44)/t22?,24-,29+,31-,36?/m1/s1. The molecule has 6 rings (SSSR count). The average Bonchev–Trinajstić information content (AvgIpc) is 4.00. The summed E-state index contributed by atoms with van der Waals surface area (Å²) in [4.78, 5) is 47.6. The molecule has 1 aromatic heterocycles. The van der Waals surface area contributed by atoms with E-state index in [1.54, 1.807) is 7.11 Å². The van der Waals surface area contributed by atoms with Crippen molar-refractivity contribution >= 4 is 38.6 Å². The summed E-state index contributed by atoms with van der Waals surface area (Å²) in [6, 6.07) is 15.0. The van der Waals surface area contributed by atoms with E-state index >= 15 is 0 Å². The summed E-state index contributed by atoms with van der Waals surface area (Å²) in [5, 5.41) is 2.92. The van der Waals surface area contributed by atoms with E-state index in [1.165, 1.54) is 11.0 Å². The Morgan fingerprint density at radius 2 is 1.84 bits per heavy atom. The number of carbonyl (C=O) groups excluding carboxylic acids is 3. The number of rotatable bonds is 11. The molecule has 0 radical (unpaired) electrons. The van der Waals surface area contributed by atoms with E-state index in [-0.39, 0.29) is 19.4 Å². The molecule has 1 saturated heterocycles. The zero-order valence-corrected chi connectivity index (χ0v) is 29.0. The topological polar surface area (TPSA) is 170 Å². The third kappa shape index (κ3) is 6.86. The number of hydrogen-bond donors (Lipinski definition) is 3. The smallest absolute Gasteiger partial charge is 0.259 e. The van der Waals surface area contributed by atoms with Crippen LogP contribution in [0.5, 0.6) is 11.5 Å². The highest BCUT2D eigenvalue weighted by Crippen LogP contribution is 2.45. The number of hydrogen-bond acceptors (Lipinski definition) is 9. The molecule has 12 nitrogen and oxygen atoms in total. The molecule has 260 valence electrons. The van der Waals surface area contributed by atoms with E-state index in [4.69, 9.17) is 20.2 Å². The molecule has 2 saturated carbocycles. The van der Waals surface area contributed by atoms with Crippen LogP contribution in [0, 0.1) is 11.3 Å². The number of likely N-dealkylation sites (tertiary alicyclic amines) is 1. The first kappa shape index (κ1) is 34.4. The largest absolute Gasteiger partial charge is 0.497 e. The number of nitrogens with zero attached hydrogens (tertiary/aromatic N) is 2. The molecule has 1 aliphatic heterocycles. The van der Waals surface area contributed by atoms with Crippen molar-refractivity contribution in [1.82, 2.24) is 19.9 Å². The molecule has 3 fully saturated rings. The molecule has 49 heavy (non-hydrogen) atoms. The maximum atomic E-state index is 14.1. The molecule has 3 aliphatic rings. The van der Waals surface area contributed by atoms with Crippen molar-refractivity contribution in [2.24, 2.45) is 17.1 Å². The molecule has 4 N–H and O–H groups in total. The summed E-state index contributed by atoms with van der Waals surface area (Å²) in [7, 11) is -2.28. The second-order valence-electron chi connectivity index (χ2n) is 14.3. The maximum absolute atomic E-state index is 14.1. The van der Waals surface area contributed by atoms with Crippen molar-refractivity contribution in [3.8, 4) is 22.8 Å². The number of benzene rings is 2. The van der Waals surface area contributed by atoms with Crippen LogP contribution >= 0.6 is 0 Å². The lowest BCUT2D eigenvalue weighted by Crippen LogP contribution is -2.59. The van der Waals surface area contributed by atoms with Gasteiger partial charge in [0.2, 0.25) is 21.8 Å². The predicted octanol–water partition coefficient (Wildman–Crippen LogP) is 3.30. The lowest BCUT2D eigenvalue weighted by atomic mass is 9.86. The minimum atomic E-state index is -3.86. The van der Waals surface area contributed by atoms with Gasteiger partial charge in [0.25, 0.3) is 5.91 Å². The van der Waals surface area contributed by atoms with Gasteiger partial charge in [0.15, 0.2) is 0 Å². The fraction of sp³-hybridized carbons (Fsp3) is 0.444. The molecular weight excluding hydrogens is 646 g/mol. The maximum Gasteiger partial charge on any atom is 0.259 e. The van der Waals surface area contributed by atoms with Crippen LogP contribution in [0.25, 0.3) is 22.2 Å². The van der Waals surface area contributed by atoms with Gasteiger partial charge in [-0.1, -0.05) is 57.2 Å². The summed E-state index contributed by atoms with van der Waals surface area (Å²) in [5.41, 5.74) is 6.52. The first-order valence-corrected chi connectivity index (χ1v) is 18.0. The Bertz CT molecular complexity index is 1910. The van der Waals surface area contributed by atoms with Crippen molar-refractivity contribution in [3.63, 3.8) is 0 Å². The van der Waals surface area contributed by atoms with Gasteiger partial charge < -0.3 is 25.4 Å². The second-order valence-corrected chi connectivity index (χ2v) is 16.2. The zero-order chi connectivity index (χ0) is 35.3. The monoisotopic (exact) mass is 689 g/mol. The van der Waals surface area contributed by atoms with Crippen LogP contribution in [0.15, 0.2) is 67.3 Å².